The van der Waals surface area contributed by atoms with E-state index in [1.807, 2.05) is 0 Å². The van der Waals surface area contributed by atoms with Gasteiger partial charge in [-0.15, -0.1) is 0 Å². The molecule has 0 spiro atoms. The van der Waals surface area contributed by atoms with Crippen LogP contribution in [-0.2, 0) is 10.1 Å². The van der Waals surface area contributed by atoms with Crippen molar-refractivity contribution < 1.29 is 47.6 Å². The Labute approximate surface area is 146 Å². The fraction of sp³-hybridized carbons (Fsp3) is 1.00. The van der Waals surface area contributed by atoms with Gasteiger partial charge in [0.1, 0.15) is 0 Å². The van der Waals surface area contributed by atoms with Crippen LogP contribution in [0.5, 0.6) is 0 Å². The first-order chi connectivity index (χ1) is 8.95. The molecule has 0 aliphatic carbocycles. The quantitative estimate of drug-likeness (QED) is 0.299. The van der Waals surface area contributed by atoms with Gasteiger partial charge in [0.05, 0.1) is 16.2 Å². The maximum Gasteiger partial charge on any atom is 1.00 e. The van der Waals surface area contributed by atoms with Crippen molar-refractivity contribution in [1.82, 2.24) is 0 Å². The summed E-state index contributed by atoms with van der Waals surface area (Å²) in [6, 6.07) is 0. The average Bonchev–Trinajstić information content (AvgIpc) is 2.31. The Morgan fingerprint density at radius 1 is 0.900 bits per heavy atom. The second-order valence-corrected chi connectivity index (χ2v) is 6.85. The monoisotopic (exact) mass is 316 g/mol. The maximum absolute atomic E-state index is 10.4. The van der Waals surface area contributed by atoms with Gasteiger partial charge >= 0.3 is 29.6 Å². The Hall–Kier alpha value is 0.870. The van der Waals surface area contributed by atoms with Crippen molar-refractivity contribution in [3.8, 4) is 0 Å². The summed E-state index contributed by atoms with van der Waals surface area (Å²) in [5.74, 6) is -0.360. The normalized spacial score (nSPS) is 12.9. The molecule has 0 aromatic heterocycles. The van der Waals surface area contributed by atoms with Gasteiger partial charge in [-0.3, -0.25) is 0 Å². The van der Waals surface area contributed by atoms with Gasteiger partial charge in [-0.05, 0) is 19.3 Å². The summed E-state index contributed by atoms with van der Waals surface area (Å²) in [4.78, 5) is 0. The number of aliphatic hydroxyl groups is 1. The van der Waals surface area contributed by atoms with E-state index in [2.05, 4.69) is 6.92 Å². The van der Waals surface area contributed by atoms with Crippen LogP contribution in [0.15, 0.2) is 0 Å². The fourth-order valence-electron chi connectivity index (χ4n) is 2.15. The topological polar surface area (TPSA) is 77.4 Å². The largest absolute Gasteiger partial charge is 1.00 e. The summed E-state index contributed by atoms with van der Waals surface area (Å²) in [6.07, 6.45) is 10.8. The smallest absolute Gasteiger partial charge is 0.748 e. The van der Waals surface area contributed by atoms with Gasteiger partial charge < -0.3 is 9.66 Å². The Balaban J connectivity index is 0. The zero-order valence-corrected chi connectivity index (χ0v) is 16.0. The molecule has 0 aromatic carbocycles. The molecule has 0 saturated heterocycles. The van der Waals surface area contributed by atoms with Crippen LogP contribution in [0, 0.1) is 0 Å². The molecule has 1 unspecified atom stereocenters. The van der Waals surface area contributed by atoms with Gasteiger partial charge in [0.15, 0.2) is 0 Å². The van der Waals surface area contributed by atoms with Crippen LogP contribution in [-0.4, -0.2) is 29.9 Å². The molecule has 116 valence electrons. The molecule has 0 saturated carbocycles. The van der Waals surface area contributed by atoms with E-state index in [0.717, 1.165) is 12.8 Å². The number of hydrogen-bond donors (Lipinski definition) is 1. The summed E-state index contributed by atoms with van der Waals surface area (Å²) in [6.45, 7) is 2.21. The van der Waals surface area contributed by atoms with Crippen molar-refractivity contribution in [3.63, 3.8) is 0 Å². The number of aliphatic hydroxyl groups excluding tert-OH is 1. The van der Waals surface area contributed by atoms with Gasteiger partial charge in [-0.25, -0.2) is 8.42 Å². The van der Waals surface area contributed by atoms with E-state index in [1.165, 1.54) is 38.5 Å². The second kappa shape index (κ2) is 14.8. The molecule has 0 aliphatic heterocycles. The predicted octanol–water partition coefficient (Wildman–Crippen LogP) is 0.208. The van der Waals surface area contributed by atoms with Crippen LogP contribution in [0.3, 0.4) is 0 Å². The Morgan fingerprint density at radius 3 is 1.85 bits per heavy atom. The van der Waals surface area contributed by atoms with Crippen LogP contribution in [0.25, 0.3) is 0 Å². The number of rotatable bonds is 13. The fourth-order valence-corrected chi connectivity index (χ4v) is 2.67. The molecule has 0 fully saturated rings. The van der Waals surface area contributed by atoms with Gasteiger partial charge in [0.25, 0.3) is 0 Å². The van der Waals surface area contributed by atoms with Crippen molar-refractivity contribution in [2.45, 2.75) is 83.7 Å². The van der Waals surface area contributed by atoms with Crippen molar-refractivity contribution in [2.75, 3.05) is 5.75 Å². The van der Waals surface area contributed by atoms with Gasteiger partial charge in [-0.2, -0.15) is 0 Å². The van der Waals surface area contributed by atoms with Crippen LogP contribution in [0.1, 0.15) is 77.6 Å². The summed E-state index contributed by atoms with van der Waals surface area (Å²) in [7, 11) is -4.12. The zero-order valence-electron chi connectivity index (χ0n) is 13.1. The van der Waals surface area contributed by atoms with E-state index in [1.54, 1.807) is 0 Å². The minimum Gasteiger partial charge on any atom is -0.748 e. The molecule has 0 bridgehead atoms. The van der Waals surface area contributed by atoms with Crippen molar-refractivity contribution >= 4 is 10.1 Å². The molecular formula is C14H29NaO4S. The molecule has 0 radical (unpaired) electrons. The minimum absolute atomic E-state index is 0. The first kappa shape index (κ1) is 23.1. The molecule has 4 nitrogen and oxygen atoms in total. The maximum atomic E-state index is 10.4. The Morgan fingerprint density at radius 2 is 1.35 bits per heavy atom. The van der Waals surface area contributed by atoms with Gasteiger partial charge in [-0.1, -0.05) is 58.3 Å². The van der Waals surface area contributed by atoms with Crippen LogP contribution in [0.4, 0.5) is 0 Å². The molecule has 0 amide bonds. The second-order valence-electron chi connectivity index (χ2n) is 5.32. The third-order valence-electron chi connectivity index (χ3n) is 3.32. The van der Waals surface area contributed by atoms with Gasteiger partial charge in [0.2, 0.25) is 0 Å². The van der Waals surface area contributed by atoms with Crippen LogP contribution < -0.4 is 29.6 Å². The van der Waals surface area contributed by atoms with E-state index in [9.17, 15) is 18.1 Å². The van der Waals surface area contributed by atoms with Crippen molar-refractivity contribution in [3.05, 3.63) is 0 Å². The standard InChI is InChI=1S/C14H30O4S.Na/c1-2-3-4-5-6-7-8-9-11-14(15)12-10-13-19(16,17)18;/h14-15H,2-13H2,1H3,(H,16,17,18);/q;+1/p-1. The van der Waals surface area contributed by atoms with Crippen LogP contribution in [0.2, 0.25) is 0 Å². The third-order valence-corrected chi connectivity index (χ3v) is 4.11. The third kappa shape index (κ3) is 18.9. The molecule has 1 atom stereocenters. The van der Waals surface area contributed by atoms with E-state index < -0.39 is 16.2 Å². The molecule has 0 aromatic rings. The van der Waals surface area contributed by atoms with E-state index in [-0.39, 0.29) is 41.7 Å². The van der Waals surface area contributed by atoms with E-state index >= 15 is 0 Å². The summed E-state index contributed by atoms with van der Waals surface area (Å²) >= 11 is 0. The SMILES string of the molecule is CCCCCCCCCCC(O)CCCS(=O)(=O)[O-].[Na+]. The molecule has 0 rings (SSSR count). The van der Waals surface area contributed by atoms with Crippen molar-refractivity contribution in [2.24, 2.45) is 0 Å². The van der Waals surface area contributed by atoms with Gasteiger partial charge in [0, 0.05) is 5.75 Å². The van der Waals surface area contributed by atoms with Crippen molar-refractivity contribution in [1.29, 1.82) is 0 Å². The minimum atomic E-state index is -4.12. The average molecular weight is 316 g/mol. The number of hydrogen-bond acceptors (Lipinski definition) is 4. The zero-order chi connectivity index (χ0) is 14.6. The molecule has 0 aliphatic rings. The first-order valence-electron chi connectivity index (χ1n) is 7.57. The molecule has 6 heteroatoms. The Kier molecular flexibility index (Phi) is 17.1. The van der Waals surface area contributed by atoms with E-state index in [4.69, 9.17) is 0 Å². The first-order valence-corrected chi connectivity index (χ1v) is 9.15. The molecular weight excluding hydrogens is 287 g/mol. The van der Waals surface area contributed by atoms with Crippen LogP contribution >= 0.6 is 0 Å². The van der Waals surface area contributed by atoms with E-state index in [0.29, 0.717) is 12.8 Å². The Bertz CT molecular complexity index is 294. The number of unbranched alkanes of at least 4 members (excludes halogenated alkanes) is 7. The summed E-state index contributed by atoms with van der Waals surface area (Å²) < 4.78 is 31.1. The molecule has 0 heterocycles. The molecule has 20 heavy (non-hydrogen) atoms. The summed E-state index contributed by atoms with van der Waals surface area (Å²) in [5.41, 5.74) is 0. The summed E-state index contributed by atoms with van der Waals surface area (Å²) in [5, 5.41) is 9.62. The predicted molar refractivity (Wildman–Crippen MR) is 77.0 cm³/mol. The molecule has 1 N–H and O–H groups in total.